The molecule has 1 aromatic rings. The predicted octanol–water partition coefficient (Wildman–Crippen LogP) is 3.50. The first-order valence-corrected chi connectivity index (χ1v) is 6.38. The van der Waals surface area contributed by atoms with E-state index in [2.05, 4.69) is 10.6 Å². The SMILES string of the molecule is CC(=O)C=C(C)Nc1cccc(NC(C)=CC(C)=O)c1. The van der Waals surface area contributed by atoms with Gasteiger partial charge in [-0.05, 0) is 58.0 Å². The molecule has 0 heterocycles. The molecule has 2 N–H and O–H groups in total. The largest absolute Gasteiger partial charge is 0.359 e. The lowest BCUT2D eigenvalue weighted by atomic mass is 10.2. The first-order chi connectivity index (χ1) is 9.36. The molecule has 1 aromatic carbocycles. The number of carbonyl (C=O) groups is 2. The van der Waals surface area contributed by atoms with Gasteiger partial charge in [0.1, 0.15) is 0 Å². The molecule has 0 radical (unpaired) electrons. The molecule has 0 unspecified atom stereocenters. The quantitative estimate of drug-likeness (QED) is 0.778. The summed E-state index contributed by atoms with van der Waals surface area (Å²) in [5.74, 6) is 0.00836. The van der Waals surface area contributed by atoms with Crippen molar-refractivity contribution in [3.8, 4) is 0 Å². The van der Waals surface area contributed by atoms with Crippen LogP contribution in [0.3, 0.4) is 0 Å². The van der Waals surface area contributed by atoms with Gasteiger partial charge >= 0.3 is 0 Å². The third-order valence-electron chi connectivity index (χ3n) is 2.39. The Bertz CT molecular complexity index is 524. The summed E-state index contributed by atoms with van der Waals surface area (Å²) >= 11 is 0. The third kappa shape index (κ3) is 6.00. The van der Waals surface area contributed by atoms with Gasteiger partial charge in [-0.25, -0.2) is 0 Å². The van der Waals surface area contributed by atoms with Crippen molar-refractivity contribution in [1.82, 2.24) is 0 Å². The Morgan fingerprint density at radius 2 is 1.25 bits per heavy atom. The molecule has 0 aliphatic heterocycles. The molecule has 0 spiro atoms. The highest BCUT2D eigenvalue weighted by Gasteiger charge is 1.98. The Morgan fingerprint density at radius 1 is 0.850 bits per heavy atom. The normalized spacial score (nSPS) is 12.0. The second-order valence-electron chi connectivity index (χ2n) is 4.71. The molecule has 0 aliphatic rings. The van der Waals surface area contributed by atoms with E-state index in [-0.39, 0.29) is 11.6 Å². The Morgan fingerprint density at radius 3 is 1.60 bits per heavy atom. The van der Waals surface area contributed by atoms with Crippen LogP contribution >= 0.6 is 0 Å². The fourth-order valence-corrected chi connectivity index (χ4v) is 1.81. The van der Waals surface area contributed by atoms with Crippen LogP contribution in [-0.2, 0) is 9.59 Å². The molecule has 0 aliphatic carbocycles. The van der Waals surface area contributed by atoms with E-state index in [0.29, 0.717) is 0 Å². The number of benzene rings is 1. The van der Waals surface area contributed by atoms with E-state index in [1.54, 1.807) is 12.2 Å². The van der Waals surface area contributed by atoms with Crippen LogP contribution in [0.2, 0.25) is 0 Å². The number of allylic oxidation sites excluding steroid dienone is 4. The first kappa shape index (κ1) is 15.7. The lowest BCUT2D eigenvalue weighted by Crippen LogP contribution is -2.01. The maximum Gasteiger partial charge on any atom is 0.154 e. The van der Waals surface area contributed by atoms with Crippen molar-refractivity contribution in [2.45, 2.75) is 27.7 Å². The van der Waals surface area contributed by atoms with E-state index in [4.69, 9.17) is 0 Å². The number of rotatable bonds is 6. The van der Waals surface area contributed by atoms with Crippen LogP contribution in [-0.4, -0.2) is 11.6 Å². The van der Waals surface area contributed by atoms with Gasteiger partial charge in [-0.1, -0.05) is 6.07 Å². The van der Waals surface area contributed by atoms with Crippen LogP contribution in [0, 0.1) is 0 Å². The van der Waals surface area contributed by atoms with E-state index in [1.165, 1.54) is 13.8 Å². The summed E-state index contributed by atoms with van der Waals surface area (Å²) in [6.45, 7) is 6.70. The van der Waals surface area contributed by atoms with Crippen LogP contribution in [0.15, 0.2) is 47.8 Å². The molecule has 106 valence electrons. The average Bonchev–Trinajstić information content (AvgIpc) is 2.26. The van der Waals surface area contributed by atoms with Crippen molar-refractivity contribution in [3.63, 3.8) is 0 Å². The molecule has 0 saturated heterocycles. The number of hydrogen-bond donors (Lipinski definition) is 2. The van der Waals surface area contributed by atoms with E-state index >= 15 is 0 Å². The second-order valence-corrected chi connectivity index (χ2v) is 4.71. The molecular weight excluding hydrogens is 252 g/mol. The summed E-state index contributed by atoms with van der Waals surface area (Å²) in [5, 5.41) is 6.28. The minimum absolute atomic E-state index is 0.00418. The zero-order valence-electron chi connectivity index (χ0n) is 12.3. The van der Waals surface area contributed by atoms with E-state index in [9.17, 15) is 9.59 Å². The molecule has 0 atom stereocenters. The van der Waals surface area contributed by atoms with Gasteiger partial charge in [-0.2, -0.15) is 0 Å². The van der Waals surface area contributed by atoms with Crippen molar-refractivity contribution in [2.24, 2.45) is 0 Å². The monoisotopic (exact) mass is 272 g/mol. The van der Waals surface area contributed by atoms with Gasteiger partial charge in [0.25, 0.3) is 0 Å². The smallest absolute Gasteiger partial charge is 0.154 e. The van der Waals surface area contributed by atoms with Crippen LogP contribution in [0.25, 0.3) is 0 Å². The molecule has 20 heavy (non-hydrogen) atoms. The van der Waals surface area contributed by atoms with Crippen LogP contribution < -0.4 is 10.6 Å². The van der Waals surface area contributed by atoms with Gasteiger partial charge in [0.05, 0.1) is 0 Å². The Hall–Kier alpha value is -2.36. The van der Waals surface area contributed by atoms with Gasteiger partial charge in [-0.3, -0.25) is 9.59 Å². The number of hydrogen-bond acceptors (Lipinski definition) is 4. The highest BCUT2D eigenvalue weighted by Crippen LogP contribution is 2.18. The van der Waals surface area contributed by atoms with E-state index in [1.807, 2.05) is 38.1 Å². The fraction of sp³-hybridized carbons (Fsp3) is 0.250. The maximum absolute atomic E-state index is 11.0. The third-order valence-corrected chi connectivity index (χ3v) is 2.39. The van der Waals surface area contributed by atoms with Crippen molar-refractivity contribution in [3.05, 3.63) is 47.8 Å². The van der Waals surface area contributed by atoms with Crippen molar-refractivity contribution < 1.29 is 9.59 Å². The van der Waals surface area contributed by atoms with Gasteiger partial charge in [0.2, 0.25) is 0 Å². The number of anilines is 2. The fourth-order valence-electron chi connectivity index (χ4n) is 1.81. The van der Waals surface area contributed by atoms with E-state index < -0.39 is 0 Å². The summed E-state index contributed by atoms with van der Waals surface area (Å²) in [6.07, 6.45) is 3.09. The van der Waals surface area contributed by atoms with Gasteiger partial charge in [0.15, 0.2) is 11.6 Å². The number of ketones is 2. The van der Waals surface area contributed by atoms with Crippen LogP contribution in [0.1, 0.15) is 27.7 Å². The zero-order valence-corrected chi connectivity index (χ0v) is 12.3. The maximum atomic E-state index is 11.0. The first-order valence-electron chi connectivity index (χ1n) is 6.38. The molecule has 0 bridgehead atoms. The van der Waals surface area contributed by atoms with Gasteiger partial charge in [0, 0.05) is 22.8 Å². The van der Waals surface area contributed by atoms with Crippen LogP contribution in [0.5, 0.6) is 0 Å². The molecule has 0 saturated carbocycles. The molecule has 0 fully saturated rings. The second kappa shape index (κ2) is 7.28. The zero-order chi connectivity index (χ0) is 15.1. The van der Waals surface area contributed by atoms with E-state index in [0.717, 1.165) is 22.8 Å². The number of carbonyl (C=O) groups excluding carboxylic acids is 2. The molecule has 0 amide bonds. The highest BCUT2D eigenvalue weighted by atomic mass is 16.1. The predicted molar refractivity (Wildman–Crippen MR) is 82.6 cm³/mol. The molecular formula is C16H20N2O2. The minimum Gasteiger partial charge on any atom is -0.359 e. The van der Waals surface area contributed by atoms with Crippen molar-refractivity contribution in [2.75, 3.05) is 10.6 Å². The summed E-state index contributed by atoms with van der Waals surface area (Å²) in [7, 11) is 0. The lowest BCUT2D eigenvalue weighted by Gasteiger charge is -2.10. The molecule has 4 nitrogen and oxygen atoms in total. The number of nitrogens with one attached hydrogen (secondary N) is 2. The van der Waals surface area contributed by atoms with Crippen molar-refractivity contribution in [1.29, 1.82) is 0 Å². The summed E-state index contributed by atoms with van der Waals surface area (Å²) < 4.78 is 0. The topological polar surface area (TPSA) is 58.2 Å². The lowest BCUT2D eigenvalue weighted by molar-refractivity contribution is -0.113. The Labute approximate surface area is 119 Å². The van der Waals surface area contributed by atoms with Crippen LogP contribution in [0.4, 0.5) is 11.4 Å². The summed E-state index contributed by atoms with van der Waals surface area (Å²) in [6, 6.07) is 7.63. The molecule has 1 rings (SSSR count). The Kier molecular flexibility index (Phi) is 5.72. The van der Waals surface area contributed by atoms with Gasteiger partial charge in [-0.15, -0.1) is 0 Å². The van der Waals surface area contributed by atoms with Gasteiger partial charge < -0.3 is 10.6 Å². The standard InChI is InChI=1S/C16H20N2O2/c1-11(8-13(3)19)17-15-6-5-7-16(10-15)18-12(2)9-14(4)20/h5-10,17-18H,1-4H3. The average molecular weight is 272 g/mol. The highest BCUT2D eigenvalue weighted by molar-refractivity contribution is 5.89. The molecule has 4 heteroatoms. The summed E-state index contributed by atoms with van der Waals surface area (Å²) in [5.41, 5.74) is 3.32. The summed E-state index contributed by atoms with van der Waals surface area (Å²) in [4.78, 5) is 22.0. The molecule has 0 aromatic heterocycles. The van der Waals surface area contributed by atoms with Crippen molar-refractivity contribution >= 4 is 22.9 Å². The Balaban J connectivity index is 2.81. The minimum atomic E-state index is 0.00418.